The van der Waals surface area contributed by atoms with Gasteiger partial charge in [0.1, 0.15) is 238 Å². The third kappa shape index (κ3) is 23.5. The van der Waals surface area contributed by atoms with Gasteiger partial charge in [-0.3, -0.25) is 19.2 Å². The maximum Gasteiger partial charge on any atom is 0.364 e. The van der Waals surface area contributed by atoms with Crippen molar-refractivity contribution in [1.29, 1.82) is 0 Å². The molecule has 0 radical (unpaired) electrons. The molecule has 746 valence electrons. The quantitative estimate of drug-likeness (QED) is 0.0280. The summed E-state index contributed by atoms with van der Waals surface area (Å²) in [5.41, 5.74) is 0. The first-order valence-corrected chi connectivity index (χ1v) is 40.8. The first-order valence-electron chi connectivity index (χ1n) is 40.8. The van der Waals surface area contributed by atoms with Gasteiger partial charge < -0.3 is 264 Å². The van der Waals surface area contributed by atoms with Gasteiger partial charge in [0.25, 0.3) is 5.79 Å². The van der Waals surface area contributed by atoms with E-state index in [0.29, 0.717) is 0 Å². The molecule has 0 aromatic heterocycles. The van der Waals surface area contributed by atoms with E-state index in [9.17, 15) is 177 Å². The van der Waals surface area contributed by atoms with Crippen LogP contribution in [0.2, 0.25) is 0 Å². The van der Waals surface area contributed by atoms with Gasteiger partial charge in [0, 0.05) is 34.1 Å². The normalized spacial score (nSPS) is 48.1. The van der Waals surface area contributed by atoms with Gasteiger partial charge in [-0.1, -0.05) is 0 Å². The lowest BCUT2D eigenvalue weighted by molar-refractivity contribution is -0.400. The van der Waals surface area contributed by atoms with E-state index in [1.807, 2.05) is 0 Å². The molecule has 0 spiro atoms. The first-order chi connectivity index (χ1) is 60.9. The van der Waals surface area contributed by atoms with Crippen LogP contribution in [0.5, 0.6) is 0 Å². The number of carbonyl (C=O) groups is 5. The molecule has 0 aliphatic carbocycles. The molecule has 0 aromatic carbocycles. The Hall–Kier alpha value is -4.57. The molecule has 0 unspecified atom stereocenters. The second-order valence-corrected chi connectivity index (χ2v) is 32.4. The van der Waals surface area contributed by atoms with Crippen molar-refractivity contribution in [2.75, 3.05) is 66.1 Å². The lowest BCUT2D eigenvalue weighted by Crippen LogP contribution is -2.71. The fraction of sp³-hybridized carbons (Fsp3) is 0.930. The smallest absolute Gasteiger partial charge is 0.364 e. The molecule has 0 aromatic rings. The Morgan fingerprint density at radius 2 is 0.628 bits per heavy atom. The lowest BCUT2D eigenvalue weighted by Gasteiger charge is -2.51. The molecule has 0 saturated carbocycles. The average molecular weight is 1890 g/mol. The minimum Gasteiger partial charge on any atom is -0.477 e. The predicted molar refractivity (Wildman–Crippen MR) is 393 cm³/mol. The molecule has 51 atom stereocenters. The van der Waals surface area contributed by atoms with Crippen LogP contribution in [0.3, 0.4) is 0 Å². The van der Waals surface area contributed by atoms with Gasteiger partial charge in [-0.25, -0.2) is 4.79 Å². The number of hydrogen-bond donors (Lipinski definition) is 34. The number of amides is 4. The number of carboxylic acid groups (broad SMARTS) is 1. The number of aliphatic carboxylic acids is 1. The second-order valence-electron chi connectivity index (χ2n) is 32.4. The molecule has 10 fully saturated rings. The Kier molecular flexibility index (Phi) is 38.0. The summed E-state index contributed by atoms with van der Waals surface area (Å²) in [7, 11) is 0. The molecule has 58 nitrogen and oxygen atoms in total. The third-order valence-electron chi connectivity index (χ3n) is 23.4. The van der Waals surface area contributed by atoms with Gasteiger partial charge in [0.2, 0.25) is 23.6 Å². The summed E-state index contributed by atoms with van der Waals surface area (Å²) in [6.45, 7) is -7.96. The Morgan fingerprint density at radius 3 is 1.07 bits per heavy atom. The van der Waals surface area contributed by atoms with Gasteiger partial charge >= 0.3 is 5.97 Å². The van der Waals surface area contributed by atoms with E-state index in [-0.39, 0.29) is 0 Å². The number of hydrogen-bond acceptors (Lipinski definition) is 53. The molecule has 0 bridgehead atoms. The maximum atomic E-state index is 13.0. The van der Waals surface area contributed by atoms with Crippen LogP contribution < -0.4 is 21.3 Å². The number of aliphatic hydroxyl groups is 29. The van der Waals surface area contributed by atoms with Crippen LogP contribution in [-0.2, 0) is 114 Å². The summed E-state index contributed by atoms with van der Waals surface area (Å²) in [6.07, 6.45) is -102. The topological polar surface area (TPSA) is 916 Å². The molecule has 4 amide bonds. The van der Waals surface area contributed by atoms with Gasteiger partial charge in [0.05, 0.1) is 78.2 Å². The number of carboxylic acids is 1. The highest BCUT2D eigenvalue weighted by atomic mass is 16.8. The lowest BCUT2D eigenvalue weighted by atomic mass is 9.88. The van der Waals surface area contributed by atoms with Crippen LogP contribution in [0.1, 0.15) is 34.1 Å². The zero-order valence-electron chi connectivity index (χ0n) is 68.9. The van der Waals surface area contributed by atoms with Gasteiger partial charge in [-0.15, -0.1) is 0 Å². The van der Waals surface area contributed by atoms with Crippen molar-refractivity contribution >= 4 is 29.6 Å². The molecule has 129 heavy (non-hydrogen) atoms. The van der Waals surface area contributed by atoms with Gasteiger partial charge in [-0.2, -0.15) is 0 Å². The van der Waals surface area contributed by atoms with Crippen LogP contribution >= 0.6 is 0 Å². The Labute approximate surface area is 728 Å². The predicted octanol–water partition coefficient (Wildman–Crippen LogP) is -23.0. The number of aliphatic hydroxyl groups excluding tert-OH is 29. The monoisotopic (exact) mass is 1890 g/mol. The van der Waals surface area contributed by atoms with E-state index in [0.717, 1.165) is 27.7 Å². The molecular formula is C71H118N4O54. The summed E-state index contributed by atoms with van der Waals surface area (Å²) in [6, 6.07) is -7.31. The zero-order valence-corrected chi connectivity index (χ0v) is 68.9. The SMILES string of the molecule is CC(=O)N[C@@H]1[C@@H](O)[C@H](O[C@@H]2O[C@H](CO)[C@@H](O[C@@H]3O[C@H](CO[C@H]4O[C@H](CO)[C@@H](O)[C@H](O)[C@@H]4O[C@@H]4O[C@H](CO)[C@@H](O[C@@H]5O[C@H](CO[C@]6(C(=O)O)C[C@H](O)[C@@H](NC(C)=O)[C@H]([C@H](O)[C@H](O)CO)O6)[C@H](O)[C@H](O)[C@H]5O)[C@H](O)[C@H]4O)[C@@H](O)[C@H](O[C@H]4O[C@H](CO)[C@@H](O)[C@H](O)[C@@H]4O[C@@H]4O[C@H](CO)[C@@H](O[C@@H]5O[C@H](CO)[C@H](O)[C@H](O)[C@H]5O)[C@H](O)[C@H]4NC(C)=O)[C@@H]3O)[C@H](O)[C@H]2NC(C)=O)[C@@H](CO)O[C@H]1O. The van der Waals surface area contributed by atoms with E-state index in [4.69, 9.17) is 90.0 Å². The molecule has 10 heterocycles. The van der Waals surface area contributed by atoms with Crippen molar-refractivity contribution < 1.29 is 267 Å². The summed E-state index contributed by atoms with van der Waals surface area (Å²) in [5.74, 6) is -8.74. The van der Waals surface area contributed by atoms with Crippen LogP contribution in [0, 0.1) is 0 Å². The highest BCUT2D eigenvalue weighted by Gasteiger charge is 2.63. The van der Waals surface area contributed by atoms with Gasteiger partial charge in [0.15, 0.2) is 56.6 Å². The van der Waals surface area contributed by atoms with Crippen LogP contribution in [0.25, 0.3) is 0 Å². The van der Waals surface area contributed by atoms with E-state index in [2.05, 4.69) is 21.3 Å². The fourth-order valence-electron chi connectivity index (χ4n) is 16.5. The van der Waals surface area contributed by atoms with Crippen LogP contribution in [0.15, 0.2) is 0 Å². The third-order valence-corrected chi connectivity index (χ3v) is 23.4. The molecule has 10 aliphatic heterocycles. The molecule has 34 N–H and O–H groups in total. The number of rotatable bonds is 35. The van der Waals surface area contributed by atoms with Crippen molar-refractivity contribution in [2.24, 2.45) is 0 Å². The average Bonchev–Trinajstić information content (AvgIpc) is 0.760. The zero-order chi connectivity index (χ0) is 95.3. The number of ether oxygens (including phenoxy) is 19. The van der Waals surface area contributed by atoms with Crippen LogP contribution in [-0.4, -0.2) is 561 Å². The highest BCUT2D eigenvalue weighted by Crippen LogP contribution is 2.42. The summed E-state index contributed by atoms with van der Waals surface area (Å²) in [5, 5.41) is 343. The molecule has 10 saturated heterocycles. The maximum absolute atomic E-state index is 13.0. The molecule has 10 rings (SSSR count). The summed E-state index contributed by atoms with van der Waals surface area (Å²) < 4.78 is 112. The Morgan fingerprint density at radius 1 is 0.318 bits per heavy atom. The number of nitrogens with one attached hydrogen (secondary N) is 4. The first kappa shape index (κ1) is 106. The largest absolute Gasteiger partial charge is 0.477 e. The standard InChI is InChI=1S/C71H118N4O54/c1-16(84)72-31-20(88)5-71(70(109)110,129-57(31)35(90)21(89)6-76)112-15-30-39(94)45(100)50(105)65(121-30)125-56-28(13-83)119-66(51(106)48(56)103)128-59-46(101)37(92)23(8-78)115-68(59)111-14-29-40(95)58(52(107)67(120-29)124-55-27(12-82)117-62(33(42(55)97)74-18(3)86)122-53-25(10-80)113-61(108)32(41(53)96)73-17(2)85)126-69-60(47(102)38(93)24(9-79)116-69)127-63-34(75-19(4)87)43(98)54(26(11-81)118-63)123-64-49(104)44(99)36(91)22(7-77)114-64/h20-69,76-83,88-108H,5-15H2,1-4H3,(H,72,84)(H,73,85)(H,74,86)(H,75,87)(H,109,110)/t20-,21+,22+,23+,24+,25+,26+,27+,28+,29+,30+,31+,32+,33+,34+,35+,36-,37+,38+,39-,40+,41+,42+,43+,44-,45-,46-,47-,48+,49+,50+,51+,52-,53+,54+,55+,56+,57+,58-,59-,60-,61+,62-,63-,64-,65-,66-,67-,68-,69+,71+/m0/s1. The summed E-state index contributed by atoms with van der Waals surface area (Å²) in [4.78, 5) is 63.3. The minimum atomic E-state index is -3.09. The fourth-order valence-corrected chi connectivity index (χ4v) is 16.5. The van der Waals surface area contributed by atoms with Crippen molar-refractivity contribution in [3.8, 4) is 0 Å². The van der Waals surface area contributed by atoms with Crippen molar-refractivity contribution in [3.63, 3.8) is 0 Å². The van der Waals surface area contributed by atoms with Gasteiger partial charge in [-0.05, 0) is 0 Å². The van der Waals surface area contributed by atoms with Crippen LogP contribution in [0.4, 0.5) is 0 Å². The van der Waals surface area contributed by atoms with E-state index >= 15 is 0 Å². The van der Waals surface area contributed by atoms with E-state index in [1.54, 1.807) is 0 Å². The second kappa shape index (κ2) is 46.1. The summed E-state index contributed by atoms with van der Waals surface area (Å²) >= 11 is 0. The minimum absolute atomic E-state index is 0.811. The Bertz CT molecular complexity index is 3550. The highest BCUT2D eigenvalue weighted by molar-refractivity contribution is 5.77. The van der Waals surface area contributed by atoms with E-state index in [1.165, 1.54) is 0 Å². The molecule has 10 aliphatic rings. The number of carbonyl (C=O) groups excluding carboxylic acids is 4. The molecule has 58 heteroatoms. The van der Waals surface area contributed by atoms with Crippen molar-refractivity contribution in [2.45, 2.75) is 347 Å². The Balaban J connectivity index is 0.932. The molecular weight excluding hydrogens is 1770 g/mol. The van der Waals surface area contributed by atoms with Crippen molar-refractivity contribution in [1.82, 2.24) is 21.3 Å². The van der Waals surface area contributed by atoms with E-state index < -0.39 is 414 Å². The van der Waals surface area contributed by atoms with Crippen molar-refractivity contribution in [3.05, 3.63) is 0 Å².